The Kier molecular flexibility index (Phi) is 16.4. The largest absolute Gasteiger partial charge is 0.369 e. The van der Waals surface area contributed by atoms with Crippen molar-refractivity contribution in [2.75, 3.05) is 0 Å². The van der Waals surface area contributed by atoms with Gasteiger partial charge in [0, 0.05) is 17.5 Å². The minimum atomic E-state index is -3.04. The fourth-order valence-corrected chi connectivity index (χ4v) is 3.57. The second kappa shape index (κ2) is 17.4. The number of allylic oxidation sites excluding steroid dienone is 6. The summed E-state index contributed by atoms with van der Waals surface area (Å²) in [5.41, 5.74) is 4.99. The van der Waals surface area contributed by atoms with Crippen LogP contribution in [0, 0.1) is 5.82 Å². The predicted octanol–water partition coefficient (Wildman–Crippen LogP) is 8.65. The Morgan fingerprint density at radius 2 is 1.63 bits per heavy atom. The summed E-state index contributed by atoms with van der Waals surface area (Å²) in [4.78, 5) is 4.41. The van der Waals surface area contributed by atoms with Crippen LogP contribution in [0.2, 0.25) is 0 Å². The summed E-state index contributed by atoms with van der Waals surface area (Å²) < 4.78 is 45.6. The van der Waals surface area contributed by atoms with Gasteiger partial charge in [-0.25, -0.2) is 4.39 Å². The Morgan fingerprint density at radius 1 is 1.08 bits per heavy atom. The second-order valence-electron chi connectivity index (χ2n) is 9.97. The normalized spacial score (nSPS) is 19.4. The highest BCUT2D eigenvalue weighted by Gasteiger charge is 2.45. The van der Waals surface area contributed by atoms with Crippen molar-refractivity contribution in [3.8, 4) is 0 Å². The number of rotatable bonds is 8. The van der Waals surface area contributed by atoms with Crippen molar-refractivity contribution in [2.45, 2.75) is 118 Å². The molecule has 4 nitrogen and oxygen atoms in total. The first-order valence-electron chi connectivity index (χ1n) is 13.3. The molecule has 1 fully saturated rings. The van der Waals surface area contributed by atoms with E-state index in [1.165, 1.54) is 37.0 Å². The van der Waals surface area contributed by atoms with E-state index in [-0.39, 0.29) is 11.7 Å². The topological polar surface area (TPSA) is 62.0 Å². The van der Waals surface area contributed by atoms with Gasteiger partial charge < -0.3 is 14.9 Å². The molecule has 2 atom stereocenters. The number of hydrogen-bond donors (Lipinski definition) is 2. The molecule has 0 amide bonds. The van der Waals surface area contributed by atoms with Gasteiger partial charge in [-0.15, -0.1) is 0 Å². The van der Waals surface area contributed by atoms with Crippen LogP contribution >= 0.6 is 0 Å². The molecule has 0 spiro atoms. The van der Waals surface area contributed by atoms with Gasteiger partial charge in [0.15, 0.2) is 5.79 Å². The number of aliphatic hydroxyl groups is 2. The van der Waals surface area contributed by atoms with E-state index in [0.29, 0.717) is 12.8 Å². The van der Waals surface area contributed by atoms with Gasteiger partial charge in [0.25, 0.3) is 5.92 Å². The smallest absolute Gasteiger partial charge is 0.298 e. The number of unbranched alkanes of at least 4 members (excludes halogenated alkanes) is 1. The van der Waals surface area contributed by atoms with E-state index in [0.717, 1.165) is 42.8 Å². The summed E-state index contributed by atoms with van der Waals surface area (Å²) in [5, 5.41) is 16.2. The van der Waals surface area contributed by atoms with Gasteiger partial charge in [0.2, 0.25) is 0 Å². The van der Waals surface area contributed by atoms with Crippen LogP contribution in [0.15, 0.2) is 63.8 Å². The quantitative estimate of drug-likeness (QED) is 0.197. The summed E-state index contributed by atoms with van der Waals surface area (Å²) in [6.07, 6.45) is 9.51. The molecule has 2 rings (SSSR count). The first kappa shape index (κ1) is 35.8. The molecule has 7 heteroatoms. The molecule has 0 bridgehead atoms. The molecular weight excluding hydrogens is 491 g/mol. The van der Waals surface area contributed by atoms with E-state index in [1.54, 1.807) is 6.92 Å². The van der Waals surface area contributed by atoms with E-state index in [4.69, 9.17) is 14.9 Å². The Labute approximate surface area is 228 Å². The van der Waals surface area contributed by atoms with E-state index < -0.39 is 23.6 Å². The van der Waals surface area contributed by atoms with Crippen LogP contribution in [0.25, 0.3) is 0 Å². The third kappa shape index (κ3) is 14.1. The summed E-state index contributed by atoms with van der Waals surface area (Å²) >= 11 is 0. The Morgan fingerprint density at radius 3 is 2.05 bits per heavy atom. The molecule has 216 valence electrons. The fraction of sp³-hybridized carbons (Fsp3) is 0.581. The molecule has 1 saturated heterocycles. The van der Waals surface area contributed by atoms with Crippen molar-refractivity contribution in [1.29, 1.82) is 0 Å². The maximum absolute atomic E-state index is 13.9. The lowest BCUT2D eigenvalue weighted by Crippen LogP contribution is -2.31. The van der Waals surface area contributed by atoms with Crippen molar-refractivity contribution in [3.05, 3.63) is 70.2 Å². The average molecular weight is 540 g/mol. The van der Waals surface area contributed by atoms with Crippen LogP contribution in [-0.2, 0) is 10.7 Å². The number of halogens is 3. The van der Waals surface area contributed by atoms with Crippen LogP contribution in [0.5, 0.6) is 0 Å². The lowest BCUT2D eigenvalue weighted by Gasteiger charge is -2.23. The van der Waals surface area contributed by atoms with E-state index in [9.17, 15) is 13.2 Å². The molecule has 1 aromatic rings. The molecule has 1 aliphatic heterocycles. The van der Waals surface area contributed by atoms with Crippen LogP contribution in [0.4, 0.5) is 13.2 Å². The molecule has 1 aromatic carbocycles. The van der Waals surface area contributed by atoms with Gasteiger partial charge in [-0.1, -0.05) is 50.1 Å². The number of hydrogen-bond acceptors (Lipinski definition) is 4. The summed E-state index contributed by atoms with van der Waals surface area (Å²) in [6.45, 7) is 17.2. The molecule has 1 heterocycles. The van der Waals surface area contributed by atoms with Gasteiger partial charge in [-0.2, -0.15) is 8.78 Å². The highest BCUT2D eigenvalue weighted by molar-refractivity contribution is 5.57. The van der Waals surface area contributed by atoms with E-state index in [1.807, 2.05) is 13.1 Å². The van der Waals surface area contributed by atoms with Crippen molar-refractivity contribution in [1.82, 2.24) is 0 Å². The molecule has 0 aliphatic carbocycles. The Hall–Kier alpha value is -2.22. The summed E-state index contributed by atoms with van der Waals surface area (Å²) in [6, 6.07) is 4.31. The van der Waals surface area contributed by atoms with Gasteiger partial charge in [0.1, 0.15) is 11.9 Å². The van der Waals surface area contributed by atoms with Crippen LogP contribution < -0.4 is 0 Å². The van der Waals surface area contributed by atoms with Gasteiger partial charge >= 0.3 is 0 Å². The van der Waals surface area contributed by atoms with Gasteiger partial charge in [0.05, 0.1) is 6.10 Å². The zero-order chi connectivity index (χ0) is 29.5. The zero-order valence-electron chi connectivity index (χ0n) is 24.6. The standard InChI is InChI=1S/C16H27N.C12H13F3O.C3H8O2/c1-7-10-11-12-16(15(6)17-9-3)14(5)13(4)8-2;1-8-2-7-11(16-8)12(14,15)9-3-5-10(13)6-4-9;1-3(2,4)5/h9,11-12H,7-8,10H2,1-6H3;3-6,8,11H,2,7H2,1H3;4-5H,1-2H3/b12-11-,14-13+,16-15-,17-9?;;. The molecule has 1 aliphatic rings. The lowest BCUT2D eigenvalue weighted by molar-refractivity contribution is -0.135. The molecule has 38 heavy (non-hydrogen) atoms. The van der Waals surface area contributed by atoms with Crippen molar-refractivity contribution < 1.29 is 28.1 Å². The summed E-state index contributed by atoms with van der Waals surface area (Å²) in [5.74, 6) is -5.06. The van der Waals surface area contributed by atoms with E-state index >= 15 is 0 Å². The molecule has 0 aromatic heterocycles. The number of ether oxygens (including phenoxy) is 1. The molecule has 0 saturated carbocycles. The maximum Gasteiger partial charge on any atom is 0.298 e. The van der Waals surface area contributed by atoms with Crippen LogP contribution in [-0.4, -0.2) is 34.4 Å². The molecule has 0 radical (unpaired) electrons. The first-order valence-corrected chi connectivity index (χ1v) is 13.3. The third-order valence-electron chi connectivity index (χ3n) is 5.89. The number of nitrogens with zero attached hydrogens (tertiary/aromatic N) is 1. The lowest BCUT2D eigenvalue weighted by atomic mass is 9.98. The molecule has 2 N–H and O–H groups in total. The van der Waals surface area contributed by atoms with Crippen molar-refractivity contribution in [3.63, 3.8) is 0 Å². The Bertz CT molecular complexity index is 936. The SMILES string of the molecule is CC(C)(O)O.CC1CCC(C(F)(F)c2ccc(F)cc2)O1.CC=N/C(C)=C(/C=C\CCC)C(\C)=C(/C)CC. The minimum absolute atomic E-state index is 0.128. The van der Waals surface area contributed by atoms with Crippen LogP contribution in [0.1, 0.15) is 100.0 Å². The fourth-order valence-electron chi connectivity index (χ4n) is 3.57. The van der Waals surface area contributed by atoms with Gasteiger partial charge in [-0.3, -0.25) is 4.99 Å². The molecular formula is C31H48F3NO3. The average Bonchev–Trinajstić information content (AvgIpc) is 3.28. The van der Waals surface area contributed by atoms with E-state index in [2.05, 4.69) is 51.8 Å². The van der Waals surface area contributed by atoms with Crippen LogP contribution in [0.3, 0.4) is 0 Å². The van der Waals surface area contributed by atoms with Gasteiger partial charge in [-0.05, 0) is 97.4 Å². The monoisotopic (exact) mass is 539 g/mol. The predicted molar refractivity (Wildman–Crippen MR) is 152 cm³/mol. The second-order valence-corrected chi connectivity index (χ2v) is 9.97. The molecule has 2 unspecified atom stereocenters. The number of aliphatic imine (C=N–C) groups is 1. The maximum atomic E-state index is 13.9. The highest BCUT2D eigenvalue weighted by Crippen LogP contribution is 2.39. The first-order chi connectivity index (χ1) is 17.6. The number of alkyl halides is 2. The van der Waals surface area contributed by atoms with Crippen molar-refractivity contribution >= 4 is 6.21 Å². The highest BCUT2D eigenvalue weighted by atomic mass is 19.3. The number of benzene rings is 1. The minimum Gasteiger partial charge on any atom is -0.369 e. The Balaban J connectivity index is 0.000000613. The van der Waals surface area contributed by atoms with Crippen molar-refractivity contribution in [2.24, 2.45) is 4.99 Å². The summed E-state index contributed by atoms with van der Waals surface area (Å²) in [7, 11) is 0. The third-order valence-corrected chi connectivity index (χ3v) is 5.89. The zero-order valence-corrected chi connectivity index (χ0v) is 24.6.